The number of hydrogen-bond donors (Lipinski definition) is 1. The standard InChI is InChI=1S/C28H32FN3O/c1-2-15-31-27(33)28(13-17-32(18-14-28)21-25-11-5-6-16-30-25)20-23-8-3-4-12-26(23)22-9-7-10-24(29)19-22/h3-12,16,19H,2,13-15,17-18,20-21H2,1H3,(H,31,33). The number of rotatable bonds is 8. The molecule has 0 saturated carbocycles. The van der Waals surface area contributed by atoms with E-state index in [1.165, 1.54) is 6.07 Å². The number of carbonyl (C=O) groups is 1. The molecule has 2 aromatic carbocycles. The molecule has 4 rings (SSSR count). The molecule has 0 atom stereocenters. The molecule has 0 bridgehead atoms. The zero-order valence-corrected chi connectivity index (χ0v) is 19.3. The largest absolute Gasteiger partial charge is 0.356 e. The minimum atomic E-state index is -0.473. The number of amides is 1. The van der Waals surface area contributed by atoms with Crippen molar-refractivity contribution in [1.82, 2.24) is 15.2 Å². The molecule has 4 nitrogen and oxygen atoms in total. The van der Waals surface area contributed by atoms with Crippen molar-refractivity contribution in [2.45, 2.75) is 39.2 Å². The van der Waals surface area contributed by atoms with Crippen LogP contribution < -0.4 is 5.32 Å². The number of benzene rings is 2. The van der Waals surface area contributed by atoms with Gasteiger partial charge in [-0.3, -0.25) is 14.7 Å². The van der Waals surface area contributed by atoms with Gasteiger partial charge in [0.25, 0.3) is 0 Å². The molecular weight excluding hydrogens is 413 g/mol. The first kappa shape index (κ1) is 23.1. The first-order valence-electron chi connectivity index (χ1n) is 11.8. The number of carbonyl (C=O) groups excluding carboxylic acids is 1. The van der Waals surface area contributed by atoms with Crippen LogP contribution >= 0.6 is 0 Å². The van der Waals surface area contributed by atoms with E-state index in [2.05, 4.69) is 28.2 Å². The van der Waals surface area contributed by atoms with Crippen molar-refractivity contribution < 1.29 is 9.18 Å². The molecule has 0 radical (unpaired) electrons. The first-order chi connectivity index (χ1) is 16.1. The summed E-state index contributed by atoms with van der Waals surface area (Å²) >= 11 is 0. The van der Waals surface area contributed by atoms with Gasteiger partial charge in [0.2, 0.25) is 5.91 Å². The molecule has 1 N–H and O–H groups in total. The van der Waals surface area contributed by atoms with Crippen molar-refractivity contribution in [3.05, 3.63) is 90.0 Å². The Kier molecular flexibility index (Phi) is 7.50. The summed E-state index contributed by atoms with van der Waals surface area (Å²) in [5.74, 6) is -0.114. The molecule has 1 aromatic heterocycles. The second-order valence-corrected chi connectivity index (χ2v) is 8.98. The van der Waals surface area contributed by atoms with E-state index in [0.29, 0.717) is 13.0 Å². The van der Waals surface area contributed by atoms with Gasteiger partial charge in [0.15, 0.2) is 0 Å². The maximum absolute atomic E-state index is 13.9. The molecule has 3 aromatic rings. The summed E-state index contributed by atoms with van der Waals surface area (Å²) in [6, 6.07) is 20.8. The zero-order valence-electron chi connectivity index (χ0n) is 19.3. The average Bonchev–Trinajstić information content (AvgIpc) is 2.85. The Hall–Kier alpha value is -3.05. The van der Waals surface area contributed by atoms with Crippen molar-refractivity contribution in [1.29, 1.82) is 0 Å². The lowest BCUT2D eigenvalue weighted by Crippen LogP contribution is -2.50. The Labute approximate surface area is 195 Å². The minimum absolute atomic E-state index is 0.135. The van der Waals surface area contributed by atoms with Gasteiger partial charge in [0.1, 0.15) is 5.82 Å². The Balaban J connectivity index is 1.57. The fourth-order valence-corrected chi connectivity index (χ4v) is 4.75. The number of aromatic nitrogens is 1. The van der Waals surface area contributed by atoms with Gasteiger partial charge in [-0.15, -0.1) is 0 Å². The molecular formula is C28H32FN3O. The van der Waals surface area contributed by atoms with E-state index in [1.807, 2.05) is 48.7 Å². The van der Waals surface area contributed by atoms with E-state index in [0.717, 1.165) is 61.3 Å². The number of likely N-dealkylation sites (tertiary alicyclic amines) is 1. The van der Waals surface area contributed by atoms with Crippen molar-refractivity contribution in [2.24, 2.45) is 5.41 Å². The minimum Gasteiger partial charge on any atom is -0.356 e. The summed E-state index contributed by atoms with van der Waals surface area (Å²) in [7, 11) is 0. The second kappa shape index (κ2) is 10.7. The van der Waals surface area contributed by atoms with Crippen LogP contribution in [0.5, 0.6) is 0 Å². The summed E-state index contributed by atoms with van der Waals surface area (Å²) in [6.45, 7) is 5.25. The number of pyridine rings is 1. The number of halogens is 1. The SMILES string of the molecule is CCCNC(=O)C1(Cc2ccccc2-c2cccc(F)c2)CCN(Cc2ccccn2)CC1. The Morgan fingerprint density at radius 2 is 1.85 bits per heavy atom. The van der Waals surface area contributed by atoms with E-state index in [-0.39, 0.29) is 11.7 Å². The first-order valence-corrected chi connectivity index (χ1v) is 11.8. The van der Waals surface area contributed by atoms with E-state index in [9.17, 15) is 9.18 Å². The quantitative estimate of drug-likeness (QED) is 0.516. The van der Waals surface area contributed by atoms with Crippen LogP contribution in [0.1, 0.15) is 37.4 Å². The van der Waals surface area contributed by atoms with Gasteiger partial charge < -0.3 is 5.32 Å². The average molecular weight is 446 g/mol. The Morgan fingerprint density at radius 1 is 1.06 bits per heavy atom. The molecule has 1 aliphatic heterocycles. The maximum atomic E-state index is 13.9. The molecule has 2 heterocycles. The number of nitrogens with one attached hydrogen (secondary N) is 1. The van der Waals surface area contributed by atoms with Crippen molar-refractivity contribution >= 4 is 5.91 Å². The van der Waals surface area contributed by atoms with Crippen molar-refractivity contribution in [3.8, 4) is 11.1 Å². The molecule has 1 fully saturated rings. The smallest absolute Gasteiger partial charge is 0.226 e. The molecule has 5 heteroatoms. The summed E-state index contributed by atoms with van der Waals surface area (Å²) in [6.07, 6.45) is 4.95. The molecule has 172 valence electrons. The molecule has 0 aliphatic carbocycles. The van der Waals surface area contributed by atoms with Crippen LogP contribution in [0.15, 0.2) is 72.9 Å². The lowest BCUT2D eigenvalue weighted by Gasteiger charge is -2.41. The van der Waals surface area contributed by atoms with Crippen LogP contribution in [0.4, 0.5) is 4.39 Å². The molecule has 0 spiro atoms. The Morgan fingerprint density at radius 3 is 2.58 bits per heavy atom. The van der Waals surface area contributed by atoms with Crippen molar-refractivity contribution in [3.63, 3.8) is 0 Å². The lowest BCUT2D eigenvalue weighted by atomic mass is 9.72. The van der Waals surface area contributed by atoms with Gasteiger partial charge in [-0.05, 0) is 79.7 Å². The monoisotopic (exact) mass is 445 g/mol. The zero-order chi connectivity index (χ0) is 23.1. The maximum Gasteiger partial charge on any atom is 0.226 e. The fourth-order valence-electron chi connectivity index (χ4n) is 4.75. The van der Waals surface area contributed by atoms with Crippen molar-refractivity contribution in [2.75, 3.05) is 19.6 Å². The third kappa shape index (κ3) is 5.66. The normalized spacial score (nSPS) is 15.8. The molecule has 1 amide bonds. The summed E-state index contributed by atoms with van der Waals surface area (Å²) in [4.78, 5) is 20.3. The van der Waals surface area contributed by atoms with Crippen LogP contribution in [0.3, 0.4) is 0 Å². The van der Waals surface area contributed by atoms with E-state index in [4.69, 9.17) is 0 Å². The lowest BCUT2D eigenvalue weighted by molar-refractivity contribution is -0.134. The predicted molar refractivity (Wildman–Crippen MR) is 130 cm³/mol. The van der Waals surface area contributed by atoms with Crippen LogP contribution in [-0.4, -0.2) is 35.4 Å². The summed E-state index contributed by atoms with van der Waals surface area (Å²) in [5, 5.41) is 3.17. The number of hydrogen-bond acceptors (Lipinski definition) is 3. The fraction of sp³-hybridized carbons (Fsp3) is 0.357. The second-order valence-electron chi connectivity index (χ2n) is 8.98. The van der Waals surface area contributed by atoms with Crippen LogP contribution in [-0.2, 0) is 17.8 Å². The molecule has 0 unspecified atom stereocenters. The number of nitrogens with zero attached hydrogens (tertiary/aromatic N) is 2. The van der Waals surface area contributed by atoms with Crippen LogP contribution in [0.2, 0.25) is 0 Å². The van der Waals surface area contributed by atoms with E-state index >= 15 is 0 Å². The molecule has 1 aliphatic rings. The topological polar surface area (TPSA) is 45.2 Å². The van der Waals surface area contributed by atoms with E-state index < -0.39 is 5.41 Å². The van der Waals surface area contributed by atoms with Gasteiger partial charge in [0.05, 0.1) is 11.1 Å². The highest BCUT2D eigenvalue weighted by Crippen LogP contribution is 2.38. The van der Waals surface area contributed by atoms with Gasteiger partial charge in [-0.2, -0.15) is 0 Å². The highest BCUT2D eigenvalue weighted by Gasteiger charge is 2.41. The predicted octanol–water partition coefficient (Wildman–Crippen LogP) is 5.24. The Bertz CT molecular complexity index is 1060. The van der Waals surface area contributed by atoms with Gasteiger partial charge >= 0.3 is 0 Å². The third-order valence-corrected chi connectivity index (χ3v) is 6.62. The van der Waals surface area contributed by atoms with Gasteiger partial charge in [-0.1, -0.05) is 49.4 Å². The van der Waals surface area contributed by atoms with E-state index in [1.54, 1.807) is 12.1 Å². The van der Waals surface area contributed by atoms with Crippen LogP contribution in [0.25, 0.3) is 11.1 Å². The van der Waals surface area contributed by atoms with Gasteiger partial charge in [0, 0.05) is 19.3 Å². The van der Waals surface area contributed by atoms with Crippen LogP contribution in [0, 0.1) is 11.2 Å². The molecule has 33 heavy (non-hydrogen) atoms. The number of piperidine rings is 1. The highest BCUT2D eigenvalue weighted by atomic mass is 19.1. The summed E-state index contributed by atoms with van der Waals surface area (Å²) in [5.41, 5.74) is 3.52. The molecule has 1 saturated heterocycles. The highest BCUT2D eigenvalue weighted by molar-refractivity contribution is 5.83. The summed E-state index contributed by atoms with van der Waals surface area (Å²) < 4.78 is 13.9. The third-order valence-electron chi connectivity index (χ3n) is 6.62. The van der Waals surface area contributed by atoms with Gasteiger partial charge in [-0.25, -0.2) is 4.39 Å².